The summed E-state index contributed by atoms with van der Waals surface area (Å²) in [6.07, 6.45) is 5.60. The van der Waals surface area contributed by atoms with Gasteiger partial charge >= 0.3 is 0 Å². The van der Waals surface area contributed by atoms with Crippen molar-refractivity contribution in [1.82, 2.24) is 10.2 Å². The lowest BCUT2D eigenvalue weighted by atomic mass is 9.78. The lowest BCUT2D eigenvalue weighted by molar-refractivity contribution is 0.102. The van der Waals surface area contributed by atoms with Gasteiger partial charge in [-0.25, -0.2) is 0 Å². The summed E-state index contributed by atoms with van der Waals surface area (Å²) in [7, 11) is 2.34. The molecule has 2 heteroatoms. The third kappa shape index (κ3) is 2.54. The van der Waals surface area contributed by atoms with Gasteiger partial charge in [0.15, 0.2) is 0 Å². The number of nitrogens with one attached hydrogen (secondary N) is 1. The van der Waals surface area contributed by atoms with E-state index in [1.165, 1.54) is 38.8 Å². The Kier molecular flexibility index (Phi) is 3.68. The van der Waals surface area contributed by atoms with E-state index in [-0.39, 0.29) is 0 Å². The van der Waals surface area contributed by atoms with Crippen LogP contribution in [0.1, 0.15) is 39.5 Å². The molecule has 2 aliphatic rings. The van der Waals surface area contributed by atoms with Crippen LogP contribution < -0.4 is 5.32 Å². The standard InChI is InChI=1S/C13H26N2/c1-10-4-5-12(8-11(10)2)15(3)13-6-7-14-9-13/h10-14H,4-9H2,1-3H3. The van der Waals surface area contributed by atoms with Gasteiger partial charge in [0.2, 0.25) is 0 Å². The van der Waals surface area contributed by atoms with Gasteiger partial charge in [0.1, 0.15) is 0 Å². The quantitative estimate of drug-likeness (QED) is 0.751. The Hall–Kier alpha value is -0.0800. The molecule has 0 bridgehead atoms. The SMILES string of the molecule is CC1CCC(N(C)C2CCNC2)CC1C. The number of nitrogens with zero attached hydrogens (tertiary/aromatic N) is 1. The van der Waals surface area contributed by atoms with Gasteiger partial charge in [-0.3, -0.25) is 4.90 Å². The highest BCUT2D eigenvalue weighted by molar-refractivity contribution is 4.87. The van der Waals surface area contributed by atoms with Crippen molar-refractivity contribution in [2.45, 2.75) is 51.6 Å². The summed E-state index contributed by atoms with van der Waals surface area (Å²) in [6, 6.07) is 1.65. The van der Waals surface area contributed by atoms with Crippen LogP contribution in [0, 0.1) is 11.8 Å². The predicted molar refractivity (Wildman–Crippen MR) is 65.0 cm³/mol. The third-order valence-electron chi connectivity index (χ3n) is 4.76. The van der Waals surface area contributed by atoms with Gasteiger partial charge in [0, 0.05) is 18.6 Å². The minimum atomic E-state index is 0.801. The van der Waals surface area contributed by atoms with Crippen molar-refractivity contribution in [2.75, 3.05) is 20.1 Å². The molecule has 4 unspecified atom stereocenters. The Bertz CT molecular complexity index is 199. The van der Waals surface area contributed by atoms with Crippen molar-refractivity contribution in [1.29, 1.82) is 0 Å². The first-order chi connectivity index (χ1) is 7.18. The van der Waals surface area contributed by atoms with Gasteiger partial charge in [-0.2, -0.15) is 0 Å². The van der Waals surface area contributed by atoms with Crippen LogP contribution in [0.5, 0.6) is 0 Å². The summed E-state index contributed by atoms with van der Waals surface area (Å²) in [5.74, 6) is 1.86. The summed E-state index contributed by atoms with van der Waals surface area (Å²) < 4.78 is 0. The second-order valence-electron chi connectivity index (χ2n) is 5.73. The molecule has 0 spiro atoms. The molecule has 2 nitrogen and oxygen atoms in total. The van der Waals surface area contributed by atoms with Crippen molar-refractivity contribution in [3.63, 3.8) is 0 Å². The number of rotatable bonds is 2. The second kappa shape index (κ2) is 4.84. The van der Waals surface area contributed by atoms with Crippen LogP contribution in [0.4, 0.5) is 0 Å². The minimum Gasteiger partial charge on any atom is -0.315 e. The zero-order valence-electron chi connectivity index (χ0n) is 10.5. The van der Waals surface area contributed by atoms with Gasteiger partial charge in [0.05, 0.1) is 0 Å². The first kappa shape index (κ1) is 11.4. The average Bonchev–Trinajstić information content (AvgIpc) is 2.74. The van der Waals surface area contributed by atoms with Crippen molar-refractivity contribution in [3.8, 4) is 0 Å². The molecule has 2 fully saturated rings. The molecule has 0 aromatic rings. The van der Waals surface area contributed by atoms with Crippen LogP contribution in [-0.4, -0.2) is 37.1 Å². The maximum absolute atomic E-state index is 3.47. The fourth-order valence-electron chi connectivity index (χ4n) is 3.17. The van der Waals surface area contributed by atoms with E-state index in [4.69, 9.17) is 0 Å². The molecule has 0 radical (unpaired) electrons. The molecule has 1 aliphatic carbocycles. The molecule has 0 aromatic carbocycles. The second-order valence-corrected chi connectivity index (χ2v) is 5.73. The molecule has 0 aromatic heterocycles. The van der Waals surface area contributed by atoms with Gasteiger partial charge in [-0.15, -0.1) is 0 Å². The van der Waals surface area contributed by atoms with E-state index in [1.54, 1.807) is 0 Å². The normalized spacial score (nSPS) is 42.4. The van der Waals surface area contributed by atoms with Gasteiger partial charge in [0.25, 0.3) is 0 Å². The van der Waals surface area contributed by atoms with E-state index >= 15 is 0 Å². The summed E-state index contributed by atoms with van der Waals surface area (Å²) in [5, 5.41) is 3.47. The zero-order chi connectivity index (χ0) is 10.8. The third-order valence-corrected chi connectivity index (χ3v) is 4.76. The molecule has 4 atom stereocenters. The molecule has 1 saturated heterocycles. The summed E-state index contributed by atoms with van der Waals surface area (Å²) >= 11 is 0. The fraction of sp³-hybridized carbons (Fsp3) is 1.00. The Balaban J connectivity index is 1.87. The molecule has 1 aliphatic heterocycles. The van der Waals surface area contributed by atoms with E-state index in [0.717, 1.165) is 23.9 Å². The van der Waals surface area contributed by atoms with Crippen LogP contribution in [0.2, 0.25) is 0 Å². The minimum absolute atomic E-state index is 0.801. The van der Waals surface area contributed by atoms with Crippen molar-refractivity contribution in [3.05, 3.63) is 0 Å². The topological polar surface area (TPSA) is 15.3 Å². The number of hydrogen-bond acceptors (Lipinski definition) is 2. The highest BCUT2D eigenvalue weighted by atomic mass is 15.2. The zero-order valence-corrected chi connectivity index (χ0v) is 10.5. The molecule has 2 rings (SSSR count). The van der Waals surface area contributed by atoms with Crippen LogP contribution in [0.15, 0.2) is 0 Å². The lowest BCUT2D eigenvalue weighted by Gasteiger charge is -2.40. The number of hydrogen-bond donors (Lipinski definition) is 1. The van der Waals surface area contributed by atoms with Crippen LogP contribution >= 0.6 is 0 Å². The van der Waals surface area contributed by atoms with Crippen LogP contribution in [0.3, 0.4) is 0 Å². The van der Waals surface area contributed by atoms with Gasteiger partial charge in [-0.05, 0) is 51.1 Å². The van der Waals surface area contributed by atoms with E-state index < -0.39 is 0 Å². The molecule has 1 heterocycles. The van der Waals surface area contributed by atoms with E-state index in [2.05, 4.69) is 31.1 Å². The highest BCUT2D eigenvalue weighted by Gasteiger charge is 2.31. The fourth-order valence-corrected chi connectivity index (χ4v) is 3.17. The van der Waals surface area contributed by atoms with Crippen molar-refractivity contribution in [2.24, 2.45) is 11.8 Å². The Morgan fingerprint density at radius 2 is 1.80 bits per heavy atom. The molecule has 1 saturated carbocycles. The highest BCUT2D eigenvalue weighted by Crippen LogP contribution is 2.32. The summed E-state index contributed by atoms with van der Waals surface area (Å²) in [4.78, 5) is 2.66. The van der Waals surface area contributed by atoms with Crippen molar-refractivity contribution < 1.29 is 0 Å². The molecular weight excluding hydrogens is 184 g/mol. The first-order valence-corrected chi connectivity index (χ1v) is 6.61. The van der Waals surface area contributed by atoms with Crippen LogP contribution in [-0.2, 0) is 0 Å². The molecule has 88 valence electrons. The summed E-state index contributed by atoms with van der Waals surface area (Å²) in [5.41, 5.74) is 0. The van der Waals surface area contributed by atoms with Crippen LogP contribution in [0.25, 0.3) is 0 Å². The molecule has 1 N–H and O–H groups in total. The summed E-state index contributed by atoms with van der Waals surface area (Å²) in [6.45, 7) is 7.26. The molecule has 0 amide bonds. The van der Waals surface area contributed by atoms with E-state index in [0.29, 0.717) is 0 Å². The Morgan fingerprint density at radius 3 is 2.40 bits per heavy atom. The monoisotopic (exact) mass is 210 g/mol. The first-order valence-electron chi connectivity index (χ1n) is 6.61. The van der Waals surface area contributed by atoms with Gasteiger partial charge in [-0.1, -0.05) is 13.8 Å². The maximum atomic E-state index is 3.47. The molecule has 15 heavy (non-hydrogen) atoms. The van der Waals surface area contributed by atoms with E-state index in [1.807, 2.05) is 0 Å². The van der Waals surface area contributed by atoms with Gasteiger partial charge < -0.3 is 5.32 Å². The average molecular weight is 210 g/mol. The largest absolute Gasteiger partial charge is 0.315 e. The smallest absolute Gasteiger partial charge is 0.0232 e. The molecular formula is C13H26N2. The van der Waals surface area contributed by atoms with E-state index in [9.17, 15) is 0 Å². The maximum Gasteiger partial charge on any atom is 0.0232 e. The number of likely N-dealkylation sites (N-methyl/N-ethyl adjacent to an activating group) is 1. The lowest BCUT2D eigenvalue weighted by Crippen LogP contribution is -2.44. The Labute approximate surface area is 94.4 Å². The van der Waals surface area contributed by atoms with Crippen molar-refractivity contribution >= 4 is 0 Å². The predicted octanol–water partition coefficient (Wildman–Crippen LogP) is 2.10. The Morgan fingerprint density at radius 1 is 1.00 bits per heavy atom.